The Hall–Kier alpha value is -1.67. The Bertz CT molecular complexity index is 522. The number of pyridine rings is 1. The summed E-state index contributed by atoms with van der Waals surface area (Å²) >= 11 is 0. The highest BCUT2D eigenvalue weighted by Crippen LogP contribution is 2.32. The zero-order valence-corrected chi connectivity index (χ0v) is 11.1. The first kappa shape index (κ1) is 12.8. The molecular formula is C16H19NO. The number of nitrogens with zero attached hydrogens (tertiary/aromatic N) is 1. The van der Waals surface area contributed by atoms with Gasteiger partial charge in [-0.3, -0.25) is 4.98 Å². The molecule has 0 spiro atoms. The lowest BCUT2D eigenvalue weighted by molar-refractivity contribution is 0.151. The monoisotopic (exact) mass is 241 g/mol. The summed E-state index contributed by atoms with van der Waals surface area (Å²) in [6.45, 7) is 6.13. The lowest BCUT2D eigenvalue weighted by Gasteiger charge is -2.21. The van der Waals surface area contributed by atoms with Crippen molar-refractivity contribution >= 4 is 0 Å². The Morgan fingerprint density at radius 2 is 1.72 bits per heavy atom. The summed E-state index contributed by atoms with van der Waals surface area (Å²) in [5.74, 6) is 0.0634. The lowest BCUT2D eigenvalue weighted by Crippen LogP contribution is -2.09. The van der Waals surface area contributed by atoms with Gasteiger partial charge in [-0.05, 0) is 42.7 Å². The van der Waals surface area contributed by atoms with Crippen LogP contribution < -0.4 is 0 Å². The summed E-state index contributed by atoms with van der Waals surface area (Å²) in [5.41, 5.74) is 4.43. The van der Waals surface area contributed by atoms with E-state index in [-0.39, 0.29) is 5.92 Å². The summed E-state index contributed by atoms with van der Waals surface area (Å²) in [6.07, 6.45) is 3.05. The van der Waals surface area contributed by atoms with Crippen LogP contribution in [0.3, 0.4) is 0 Å². The first-order valence-corrected chi connectivity index (χ1v) is 6.24. The highest BCUT2D eigenvalue weighted by atomic mass is 16.3. The fourth-order valence-electron chi connectivity index (χ4n) is 2.20. The van der Waals surface area contributed by atoms with Crippen LogP contribution in [0.5, 0.6) is 0 Å². The zero-order chi connectivity index (χ0) is 13.1. The SMILES string of the molecule is Cc1ccc(C)c(C(O)C(C)c2ccncc2)c1. The van der Waals surface area contributed by atoms with Crippen LogP contribution in [0, 0.1) is 13.8 Å². The van der Waals surface area contributed by atoms with E-state index in [1.165, 1.54) is 5.56 Å². The normalized spacial score (nSPS) is 14.2. The molecule has 2 nitrogen and oxygen atoms in total. The molecule has 1 heterocycles. The maximum Gasteiger partial charge on any atom is 0.0858 e. The molecule has 0 bridgehead atoms. The first-order valence-electron chi connectivity index (χ1n) is 6.24. The topological polar surface area (TPSA) is 33.1 Å². The summed E-state index contributed by atoms with van der Waals surface area (Å²) in [5, 5.41) is 10.5. The van der Waals surface area contributed by atoms with Crippen molar-refractivity contribution in [2.75, 3.05) is 0 Å². The molecule has 2 aromatic rings. The standard InChI is InChI=1S/C16H19NO/c1-11-4-5-12(2)15(10-11)16(18)13(3)14-6-8-17-9-7-14/h4-10,13,16,18H,1-3H3. The largest absolute Gasteiger partial charge is 0.388 e. The van der Waals surface area contributed by atoms with Gasteiger partial charge in [0.15, 0.2) is 0 Å². The maximum absolute atomic E-state index is 10.5. The number of rotatable bonds is 3. The first-order chi connectivity index (χ1) is 8.59. The van der Waals surface area contributed by atoms with Gasteiger partial charge in [0.2, 0.25) is 0 Å². The highest BCUT2D eigenvalue weighted by molar-refractivity contribution is 5.34. The molecular weight excluding hydrogens is 222 g/mol. The Balaban J connectivity index is 2.31. The number of aryl methyl sites for hydroxylation is 2. The number of hydrogen-bond acceptors (Lipinski definition) is 2. The zero-order valence-electron chi connectivity index (χ0n) is 11.1. The van der Waals surface area contributed by atoms with Crippen molar-refractivity contribution in [3.8, 4) is 0 Å². The molecule has 18 heavy (non-hydrogen) atoms. The minimum atomic E-state index is -0.479. The average molecular weight is 241 g/mol. The van der Waals surface area contributed by atoms with Crippen molar-refractivity contribution in [3.05, 3.63) is 65.0 Å². The predicted molar refractivity (Wildman–Crippen MR) is 73.5 cm³/mol. The Kier molecular flexibility index (Phi) is 3.78. The minimum Gasteiger partial charge on any atom is -0.388 e. The Morgan fingerprint density at radius 3 is 2.39 bits per heavy atom. The molecule has 2 atom stereocenters. The van der Waals surface area contributed by atoms with Crippen molar-refractivity contribution in [2.24, 2.45) is 0 Å². The predicted octanol–water partition coefficient (Wildman–Crippen LogP) is 3.54. The number of hydrogen-bond donors (Lipinski definition) is 1. The molecule has 0 aliphatic carbocycles. The van der Waals surface area contributed by atoms with Crippen LogP contribution in [0.2, 0.25) is 0 Å². The van der Waals surface area contributed by atoms with Gasteiger partial charge < -0.3 is 5.11 Å². The molecule has 0 radical (unpaired) electrons. The van der Waals surface area contributed by atoms with Gasteiger partial charge in [0, 0.05) is 18.3 Å². The average Bonchev–Trinajstić information content (AvgIpc) is 2.41. The van der Waals surface area contributed by atoms with E-state index in [0.717, 1.165) is 16.7 Å². The quantitative estimate of drug-likeness (QED) is 0.891. The number of aliphatic hydroxyl groups excluding tert-OH is 1. The van der Waals surface area contributed by atoms with Gasteiger partial charge in [-0.1, -0.05) is 30.7 Å². The molecule has 2 unspecified atom stereocenters. The highest BCUT2D eigenvalue weighted by Gasteiger charge is 2.19. The van der Waals surface area contributed by atoms with Crippen molar-refractivity contribution in [1.82, 2.24) is 4.98 Å². The van der Waals surface area contributed by atoms with Crippen LogP contribution in [-0.2, 0) is 0 Å². The lowest BCUT2D eigenvalue weighted by atomic mass is 9.88. The second-order valence-corrected chi connectivity index (χ2v) is 4.87. The third kappa shape index (κ3) is 2.59. The van der Waals surface area contributed by atoms with E-state index in [9.17, 15) is 5.11 Å². The van der Waals surface area contributed by atoms with Crippen molar-refractivity contribution in [3.63, 3.8) is 0 Å². The molecule has 1 aromatic heterocycles. The number of benzene rings is 1. The van der Waals surface area contributed by atoms with E-state index in [2.05, 4.69) is 23.2 Å². The van der Waals surface area contributed by atoms with Crippen LogP contribution in [0.25, 0.3) is 0 Å². The second-order valence-electron chi connectivity index (χ2n) is 4.87. The summed E-state index contributed by atoms with van der Waals surface area (Å²) in [6, 6.07) is 10.1. The fraction of sp³-hybridized carbons (Fsp3) is 0.312. The van der Waals surface area contributed by atoms with Gasteiger partial charge in [-0.15, -0.1) is 0 Å². The van der Waals surface area contributed by atoms with Crippen LogP contribution in [-0.4, -0.2) is 10.1 Å². The molecule has 2 heteroatoms. The summed E-state index contributed by atoms with van der Waals surface area (Å²) in [4.78, 5) is 4.01. The van der Waals surface area contributed by atoms with Crippen LogP contribution in [0.1, 0.15) is 41.2 Å². The molecule has 0 fully saturated rings. The van der Waals surface area contributed by atoms with Gasteiger partial charge in [0.1, 0.15) is 0 Å². The van der Waals surface area contributed by atoms with E-state index in [4.69, 9.17) is 0 Å². The van der Waals surface area contributed by atoms with Crippen molar-refractivity contribution in [2.45, 2.75) is 32.8 Å². The third-order valence-electron chi connectivity index (χ3n) is 3.46. The summed E-state index contributed by atoms with van der Waals surface area (Å²) < 4.78 is 0. The van der Waals surface area contributed by atoms with Crippen LogP contribution in [0.15, 0.2) is 42.7 Å². The van der Waals surface area contributed by atoms with E-state index >= 15 is 0 Å². The number of aromatic nitrogens is 1. The molecule has 0 saturated heterocycles. The van der Waals surface area contributed by atoms with Gasteiger partial charge in [-0.2, -0.15) is 0 Å². The molecule has 94 valence electrons. The molecule has 0 saturated carbocycles. The second kappa shape index (κ2) is 5.32. The van der Waals surface area contributed by atoms with E-state index < -0.39 is 6.10 Å². The molecule has 0 aliphatic heterocycles. The van der Waals surface area contributed by atoms with E-state index in [1.54, 1.807) is 12.4 Å². The summed E-state index contributed by atoms with van der Waals surface area (Å²) in [7, 11) is 0. The Morgan fingerprint density at radius 1 is 1.06 bits per heavy atom. The van der Waals surface area contributed by atoms with Gasteiger partial charge >= 0.3 is 0 Å². The van der Waals surface area contributed by atoms with E-state index in [0.29, 0.717) is 0 Å². The van der Waals surface area contributed by atoms with Crippen LogP contribution >= 0.6 is 0 Å². The third-order valence-corrected chi connectivity index (χ3v) is 3.46. The van der Waals surface area contributed by atoms with Gasteiger partial charge in [-0.25, -0.2) is 0 Å². The maximum atomic E-state index is 10.5. The molecule has 1 N–H and O–H groups in total. The molecule has 0 aliphatic rings. The minimum absolute atomic E-state index is 0.0634. The molecule has 2 rings (SSSR count). The number of aliphatic hydroxyl groups is 1. The molecule has 1 aromatic carbocycles. The van der Waals surface area contributed by atoms with Crippen molar-refractivity contribution < 1.29 is 5.11 Å². The van der Waals surface area contributed by atoms with E-state index in [1.807, 2.05) is 32.9 Å². The molecule has 0 amide bonds. The van der Waals surface area contributed by atoms with Gasteiger partial charge in [0.05, 0.1) is 6.10 Å². The smallest absolute Gasteiger partial charge is 0.0858 e. The Labute approximate surface area is 108 Å². The van der Waals surface area contributed by atoms with Crippen LogP contribution in [0.4, 0.5) is 0 Å². The van der Waals surface area contributed by atoms with Gasteiger partial charge in [0.25, 0.3) is 0 Å². The van der Waals surface area contributed by atoms with Crippen molar-refractivity contribution in [1.29, 1.82) is 0 Å². The fourth-order valence-corrected chi connectivity index (χ4v) is 2.20.